The number of benzene rings is 2. The molecule has 0 aliphatic carbocycles. The Balaban J connectivity index is 1.90. The second kappa shape index (κ2) is 10.1. The van der Waals surface area contributed by atoms with Gasteiger partial charge in [0.05, 0.1) is 10.5 Å². The molecule has 0 spiro atoms. The van der Waals surface area contributed by atoms with Crippen LogP contribution in [0.1, 0.15) is 57.0 Å². The van der Waals surface area contributed by atoms with Crippen molar-refractivity contribution in [3.63, 3.8) is 0 Å². The summed E-state index contributed by atoms with van der Waals surface area (Å²) in [5, 5.41) is 6.32. The van der Waals surface area contributed by atoms with E-state index in [2.05, 4.69) is 41.0 Å². The third-order valence-corrected chi connectivity index (χ3v) is 7.37. The van der Waals surface area contributed by atoms with Gasteiger partial charge in [0.25, 0.3) is 15.9 Å². The highest BCUT2D eigenvalue weighted by atomic mass is 32.2. The molecule has 1 saturated heterocycles. The second-order valence-electron chi connectivity index (χ2n) is 9.63. The van der Waals surface area contributed by atoms with E-state index in [4.69, 9.17) is 0 Å². The highest BCUT2D eigenvalue weighted by molar-refractivity contribution is 7.92. The predicted molar refractivity (Wildman–Crippen MR) is 135 cm³/mol. The maximum Gasteiger partial charge on any atom is 0.261 e. The number of hydrogen-bond acceptors (Lipinski definition) is 5. The lowest BCUT2D eigenvalue weighted by atomic mass is 9.87. The van der Waals surface area contributed by atoms with Crippen LogP contribution in [0.5, 0.6) is 0 Å². The minimum Gasteiger partial charge on any atom is -0.368 e. The van der Waals surface area contributed by atoms with Gasteiger partial charge in [-0.25, -0.2) is 8.42 Å². The number of amides is 1. The fourth-order valence-corrected chi connectivity index (χ4v) is 4.76. The summed E-state index contributed by atoms with van der Waals surface area (Å²) in [7, 11) is -3.79. The summed E-state index contributed by atoms with van der Waals surface area (Å²) in [4.78, 5) is 15.4. The van der Waals surface area contributed by atoms with Crippen molar-refractivity contribution in [2.24, 2.45) is 0 Å². The fraction of sp³-hybridized carbons (Fsp3) is 0.480. The third kappa shape index (κ3) is 6.26. The number of rotatable bonds is 7. The molecule has 0 unspecified atom stereocenters. The number of carbonyl (C=O) groups excluding carboxylic acids is 1. The normalized spacial score (nSPS) is 15.7. The van der Waals surface area contributed by atoms with E-state index in [0.717, 1.165) is 43.9 Å². The molecule has 7 nitrogen and oxygen atoms in total. The van der Waals surface area contributed by atoms with Gasteiger partial charge < -0.3 is 15.5 Å². The van der Waals surface area contributed by atoms with Gasteiger partial charge in [0.15, 0.2) is 0 Å². The zero-order chi connectivity index (χ0) is 24.2. The molecule has 1 aliphatic heterocycles. The minimum absolute atomic E-state index is 0.0232. The smallest absolute Gasteiger partial charge is 0.261 e. The molecular weight excluding hydrogens is 436 g/mol. The van der Waals surface area contributed by atoms with Crippen molar-refractivity contribution in [1.29, 1.82) is 0 Å². The lowest BCUT2D eigenvalue weighted by Crippen LogP contribution is -2.44. The lowest BCUT2D eigenvalue weighted by molar-refractivity contribution is 0.0939. The standard InChI is InChI=1S/C25H36N4O3S/c1-6-18(2)27-24(30)22-17-20(9-12-23(22)29-15-13-26-14-16-29)28-33(31,32)21-10-7-19(8-11-21)25(3,4)5/h7-12,17-18,26,28H,6,13-16H2,1-5H3,(H,27,30)/t18-/m0/s1. The quantitative estimate of drug-likeness (QED) is 0.571. The third-order valence-electron chi connectivity index (χ3n) is 5.97. The molecule has 1 fully saturated rings. The first kappa shape index (κ1) is 25.1. The summed E-state index contributed by atoms with van der Waals surface area (Å²) >= 11 is 0. The Morgan fingerprint density at radius 2 is 1.73 bits per heavy atom. The monoisotopic (exact) mass is 472 g/mol. The zero-order valence-electron chi connectivity index (χ0n) is 20.2. The number of nitrogens with one attached hydrogen (secondary N) is 3. The highest BCUT2D eigenvalue weighted by Crippen LogP contribution is 2.28. The molecule has 2 aromatic carbocycles. The van der Waals surface area contributed by atoms with Gasteiger partial charge in [-0.15, -0.1) is 0 Å². The highest BCUT2D eigenvalue weighted by Gasteiger charge is 2.22. The van der Waals surface area contributed by atoms with Gasteiger partial charge >= 0.3 is 0 Å². The van der Waals surface area contributed by atoms with Gasteiger partial charge in [-0.05, 0) is 54.7 Å². The fourth-order valence-electron chi connectivity index (χ4n) is 3.71. The van der Waals surface area contributed by atoms with Crippen LogP contribution in [0.25, 0.3) is 0 Å². The number of nitrogens with zero attached hydrogens (tertiary/aromatic N) is 1. The van der Waals surface area contributed by atoms with Crippen molar-refractivity contribution < 1.29 is 13.2 Å². The molecule has 1 aliphatic rings. The zero-order valence-corrected chi connectivity index (χ0v) is 21.1. The van der Waals surface area contributed by atoms with Crippen molar-refractivity contribution in [2.45, 2.75) is 57.4 Å². The second-order valence-corrected chi connectivity index (χ2v) is 11.3. The largest absolute Gasteiger partial charge is 0.368 e. The van der Waals surface area contributed by atoms with E-state index in [9.17, 15) is 13.2 Å². The summed E-state index contributed by atoms with van der Waals surface area (Å²) < 4.78 is 28.7. The Morgan fingerprint density at radius 1 is 1.09 bits per heavy atom. The van der Waals surface area contributed by atoms with E-state index in [1.807, 2.05) is 32.0 Å². The molecule has 3 rings (SSSR count). The van der Waals surface area contributed by atoms with Crippen LogP contribution in [0.3, 0.4) is 0 Å². The Bertz CT molecular complexity index is 1070. The molecule has 0 saturated carbocycles. The molecule has 0 aromatic heterocycles. The molecule has 0 radical (unpaired) electrons. The topological polar surface area (TPSA) is 90.5 Å². The van der Waals surface area contributed by atoms with Crippen molar-refractivity contribution in [1.82, 2.24) is 10.6 Å². The van der Waals surface area contributed by atoms with Crippen molar-refractivity contribution in [2.75, 3.05) is 35.8 Å². The van der Waals surface area contributed by atoms with Gasteiger partial charge in [-0.1, -0.05) is 39.8 Å². The summed E-state index contributed by atoms with van der Waals surface area (Å²) in [6, 6.07) is 12.1. The first-order chi connectivity index (χ1) is 15.5. The molecule has 1 amide bonds. The van der Waals surface area contributed by atoms with Crippen molar-refractivity contribution in [3.05, 3.63) is 53.6 Å². The maximum absolute atomic E-state index is 13.1. The molecule has 33 heavy (non-hydrogen) atoms. The molecule has 8 heteroatoms. The summed E-state index contributed by atoms with van der Waals surface area (Å²) in [5.41, 5.74) is 2.65. The van der Waals surface area contributed by atoms with Gasteiger partial charge in [0.1, 0.15) is 0 Å². The van der Waals surface area contributed by atoms with Gasteiger partial charge in [0.2, 0.25) is 0 Å². The summed E-state index contributed by atoms with van der Waals surface area (Å²) in [6.45, 7) is 13.5. The van der Waals surface area contributed by atoms with E-state index >= 15 is 0 Å². The molecule has 0 bridgehead atoms. The summed E-state index contributed by atoms with van der Waals surface area (Å²) in [6.07, 6.45) is 0.811. The first-order valence-electron chi connectivity index (χ1n) is 11.5. The van der Waals surface area contributed by atoms with Gasteiger partial charge in [0, 0.05) is 43.6 Å². The Labute approximate surface area is 198 Å². The number of piperazine rings is 1. The Kier molecular flexibility index (Phi) is 7.69. The van der Waals surface area contributed by atoms with Crippen LogP contribution in [0, 0.1) is 0 Å². The summed E-state index contributed by atoms with van der Waals surface area (Å²) in [5.74, 6) is -0.200. The van der Waals surface area contributed by atoms with Crippen LogP contribution in [0.2, 0.25) is 0 Å². The van der Waals surface area contributed by atoms with E-state index in [-0.39, 0.29) is 22.3 Å². The number of anilines is 2. The minimum atomic E-state index is -3.79. The van der Waals surface area contributed by atoms with Crippen molar-refractivity contribution >= 4 is 27.3 Å². The number of hydrogen-bond donors (Lipinski definition) is 3. The number of carbonyl (C=O) groups is 1. The van der Waals surface area contributed by atoms with Crippen LogP contribution in [0.15, 0.2) is 47.4 Å². The predicted octanol–water partition coefficient (Wildman–Crippen LogP) is 3.72. The Hall–Kier alpha value is -2.58. The van der Waals surface area contributed by atoms with E-state index in [1.54, 1.807) is 24.3 Å². The average Bonchev–Trinajstić information content (AvgIpc) is 2.78. The molecule has 1 heterocycles. The molecule has 1 atom stereocenters. The molecular formula is C25H36N4O3S. The molecule has 3 N–H and O–H groups in total. The van der Waals surface area contributed by atoms with E-state index < -0.39 is 10.0 Å². The van der Waals surface area contributed by atoms with E-state index in [1.165, 1.54) is 0 Å². The van der Waals surface area contributed by atoms with Gasteiger partial charge in [-0.3, -0.25) is 9.52 Å². The van der Waals surface area contributed by atoms with Crippen LogP contribution in [-0.4, -0.2) is 46.5 Å². The van der Waals surface area contributed by atoms with E-state index in [0.29, 0.717) is 11.3 Å². The number of sulfonamides is 1. The molecule has 2 aromatic rings. The van der Waals surface area contributed by atoms with Gasteiger partial charge in [-0.2, -0.15) is 0 Å². The van der Waals surface area contributed by atoms with Crippen LogP contribution < -0.4 is 20.3 Å². The first-order valence-corrected chi connectivity index (χ1v) is 13.0. The maximum atomic E-state index is 13.1. The average molecular weight is 473 g/mol. The van der Waals surface area contributed by atoms with Crippen LogP contribution in [-0.2, 0) is 15.4 Å². The Morgan fingerprint density at radius 3 is 2.30 bits per heavy atom. The van der Waals surface area contributed by atoms with Crippen molar-refractivity contribution in [3.8, 4) is 0 Å². The molecule has 180 valence electrons. The van der Waals surface area contributed by atoms with Crippen LogP contribution in [0.4, 0.5) is 11.4 Å². The SMILES string of the molecule is CC[C@H](C)NC(=O)c1cc(NS(=O)(=O)c2ccc(C(C)(C)C)cc2)ccc1N1CCNCC1. The van der Waals surface area contributed by atoms with Crippen LogP contribution >= 0.6 is 0 Å². The lowest BCUT2D eigenvalue weighted by Gasteiger charge is -2.31.